The molecular weight excluding hydrogens is 318 g/mol. The van der Waals surface area contributed by atoms with Crippen molar-refractivity contribution in [2.24, 2.45) is 5.41 Å². The number of hydrogen-bond acceptors (Lipinski definition) is 3. The number of aliphatic carboxylic acids is 1. The molecule has 1 aromatic carbocycles. The number of carboxylic acid groups (broad SMARTS) is 1. The topological polar surface area (TPSA) is 75.6 Å². The van der Waals surface area contributed by atoms with Crippen LogP contribution < -0.4 is 5.32 Å². The number of carbonyl (C=O) groups is 2. The third-order valence-corrected chi connectivity index (χ3v) is 4.99. The van der Waals surface area contributed by atoms with E-state index in [2.05, 4.69) is 50.4 Å². The minimum Gasteiger partial charge on any atom is -0.481 e. The first kappa shape index (κ1) is 19.4. The monoisotopic (exact) mass is 347 g/mol. The zero-order chi connectivity index (χ0) is 18.5. The molecule has 1 amide bonds. The highest BCUT2D eigenvalue weighted by atomic mass is 16.5. The number of hydrogen-bond donors (Lipinski definition) is 2. The second-order valence-electron chi connectivity index (χ2n) is 7.92. The summed E-state index contributed by atoms with van der Waals surface area (Å²) in [6, 6.07) is 8.33. The van der Waals surface area contributed by atoms with Crippen molar-refractivity contribution in [2.75, 3.05) is 19.8 Å². The summed E-state index contributed by atoms with van der Waals surface area (Å²) in [5.74, 6) is -0.958. The summed E-state index contributed by atoms with van der Waals surface area (Å²) in [4.78, 5) is 23.7. The van der Waals surface area contributed by atoms with E-state index in [1.54, 1.807) is 0 Å². The second kappa shape index (κ2) is 8.00. The molecule has 1 aliphatic rings. The minimum absolute atomic E-state index is 0.105. The van der Waals surface area contributed by atoms with Gasteiger partial charge in [0.05, 0.1) is 5.41 Å². The van der Waals surface area contributed by atoms with E-state index in [0.29, 0.717) is 38.9 Å². The lowest BCUT2D eigenvalue weighted by Crippen LogP contribution is -2.46. The summed E-state index contributed by atoms with van der Waals surface area (Å²) in [6.45, 7) is 7.55. The predicted molar refractivity (Wildman–Crippen MR) is 96.6 cm³/mol. The van der Waals surface area contributed by atoms with Crippen LogP contribution in [0.3, 0.4) is 0 Å². The maximum Gasteiger partial charge on any atom is 0.311 e. The third kappa shape index (κ3) is 5.30. The van der Waals surface area contributed by atoms with Crippen LogP contribution in [0.5, 0.6) is 0 Å². The lowest BCUT2D eigenvalue weighted by atomic mass is 9.80. The third-order valence-electron chi connectivity index (χ3n) is 4.99. The van der Waals surface area contributed by atoms with Gasteiger partial charge in [-0.15, -0.1) is 0 Å². The zero-order valence-corrected chi connectivity index (χ0v) is 15.4. The van der Waals surface area contributed by atoms with E-state index in [-0.39, 0.29) is 17.9 Å². The maximum atomic E-state index is 12.1. The maximum absolute atomic E-state index is 12.1. The Bertz CT molecular complexity index is 595. The number of amides is 1. The van der Waals surface area contributed by atoms with Crippen molar-refractivity contribution in [2.45, 2.75) is 51.9 Å². The summed E-state index contributed by atoms with van der Waals surface area (Å²) in [5, 5.41) is 12.3. The van der Waals surface area contributed by atoms with Crippen LogP contribution >= 0.6 is 0 Å². The number of aryl methyl sites for hydroxylation is 1. The Hall–Kier alpha value is -1.88. The van der Waals surface area contributed by atoms with Gasteiger partial charge in [-0.25, -0.2) is 0 Å². The first-order chi connectivity index (χ1) is 11.7. The molecule has 0 spiro atoms. The normalized spacial score (nSPS) is 17.1. The Morgan fingerprint density at radius 3 is 2.28 bits per heavy atom. The van der Waals surface area contributed by atoms with E-state index in [0.717, 1.165) is 5.56 Å². The van der Waals surface area contributed by atoms with Crippen molar-refractivity contribution in [3.8, 4) is 0 Å². The highest BCUT2D eigenvalue weighted by Crippen LogP contribution is 2.30. The molecule has 5 nitrogen and oxygen atoms in total. The molecule has 0 saturated carbocycles. The molecule has 2 N–H and O–H groups in total. The van der Waals surface area contributed by atoms with Crippen molar-refractivity contribution < 1.29 is 19.4 Å². The predicted octanol–water partition coefficient (Wildman–Crippen LogP) is 2.91. The highest BCUT2D eigenvalue weighted by molar-refractivity contribution is 5.79. The van der Waals surface area contributed by atoms with Gasteiger partial charge in [0.15, 0.2) is 0 Å². The lowest BCUT2D eigenvalue weighted by molar-refractivity contribution is -0.154. The standard InChI is InChI=1S/C20H29NO4/c1-19(2,3)16-7-4-15(5-8-16)6-9-17(22)21-14-20(18(23)24)10-12-25-13-11-20/h4-5,7-8H,6,9-14H2,1-3H3,(H,21,22)(H,23,24). The Morgan fingerprint density at radius 1 is 1.16 bits per heavy atom. The lowest BCUT2D eigenvalue weighted by Gasteiger charge is -2.33. The first-order valence-electron chi connectivity index (χ1n) is 8.90. The van der Waals surface area contributed by atoms with E-state index >= 15 is 0 Å². The van der Waals surface area contributed by atoms with E-state index < -0.39 is 11.4 Å². The molecule has 0 unspecified atom stereocenters. The molecule has 0 aliphatic carbocycles. The van der Waals surface area contributed by atoms with Gasteiger partial charge in [-0.2, -0.15) is 0 Å². The van der Waals surface area contributed by atoms with Gasteiger partial charge in [-0.3, -0.25) is 9.59 Å². The molecule has 1 fully saturated rings. The van der Waals surface area contributed by atoms with Gasteiger partial charge in [-0.1, -0.05) is 45.0 Å². The van der Waals surface area contributed by atoms with Gasteiger partial charge in [-0.05, 0) is 35.8 Å². The van der Waals surface area contributed by atoms with Crippen molar-refractivity contribution in [1.82, 2.24) is 5.32 Å². The Kier molecular flexibility index (Phi) is 6.22. The van der Waals surface area contributed by atoms with Crippen molar-refractivity contribution >= 4 is 11.9 Å². The number of nitrogens with one attached hydrogen (secondary N) is 1. The van der Waals surface area contributed by atoms with Crippen molar-refractivity contribution in [3.63, 3.8) is 0 Å². The fraction of sp³-hybridized carbons (Fsp3) is 0.600. The molecule has 25 heavy (non-hydrogen) atoms. The van der Waals surface area contributed by atoms with Crippen molar-refractivity contribution in [1.29, 1.82) is 0 Å². The van der Waals surface area contributed by atoms with E-state index in [1.807, 2.05) is 0 Å². The molecule has 1 saturated heterocycles. The molecule has 2 rings (SSSR count). The number of carbonyl (C=O) groups excluding carboxylic acids is 1. The van der Waals surface area contributed by atoms with Crippen LogP contribution in [0, 0.1) is 5.41 Å². The van der Waals surface area contributed by atoms with Crippen LogP contribution in [-0.4, -0.2) is 36.7 Å². The summed E-state index contributed by atoms with van der Waals surface area (Å²) in [5.41, 5.74) is 1.61. The van der Waals surface area contributed by atoms with E-state index in [4.69, 9.17) is 4.74 Å². The SMILES string of the molecule is CC(C)(C)c1ccc(CCC(=O)NCC2(C(=O)O)CCOCC2)cc1. The summed E-state index contributed by atoms with van der Waals surface area (Å²) in [6.07, 6.45) is 1.90. The second-order valence-corrected chi connectivity index (χ2v) is 7.92. The van der Waals surface area contributed by atoms with Gasteiger partial charge in [0.2, 0.25) is 5.91 Å². The fourth-order valence-corrected chi connectivity index (χ4v) is 3.01. The molecular formula is C20H29NO4. The molecule has 0 aromatic heterocycles. The Balaban J connectivity index is 1.83. The van der Waals surface area contributed by atoms with Crippen LogP contribution in [0.15, 0.2) is 24.3 Å². The summed E-state index contributed by atoms with van der Waals surface area (Å²) in [7, 11) is 0. The molecule has 5 heteroatoms. The average Bonchev–Trinajstić information content (AvgIpc) is 2.58. The smallest absolute Gasteiger partial charge is 0.311 e. The van der Waals surface area contributed by atoms with Gasteiger partial charge in [0.1, 0.15) is 0 Å². The molecule has 0 radical (unpaired) electrons. The minimum atomic E-state index is -0.887. The quantitative estimate of drug-likeness (QED) is 0.830. The number of ether oxygens (including phenoxy) is 1. The van der Waals surface area contributed by atoms with E-state index in [1.165, 1.54) is 5.56 Å². The van der Waals surface area contributed by atoms with Crippen LogP contribution in [0.1, 0.15) is 51.2 Å². The molecule has 0 bridgehead atoms. The van der Waals surface area contributed by atoms with Crippen LogP contribution in [0.2, 0.25) is 0 Å². The Labute approximate surface area is 149 Å². The largest absolute Gasteiger partial charge is 0.481 e. The molecule has 1 aromatic rings. The van der Waals surface area contributed by atoms with Crippen molar-refractivity contribution in [3.05, 3.63) is 35.4 Å². The number of carboxylic acids is 1. The van der Waals surface area contributed by atoms with Gasteiger partial charge in [0.25, 0.3) is 0 Å². The zero-order valence-electron chi connectivity index (χ0n) is 15.4. The highest BCUT2D eigenvalue weighted by Gasteiger charge is 2.40. The number of rotatable bonds is 6. The van der Waals surface area contributed by atoms with Crippen LogP contribution in [0.25, 0.3) is 0 Å². The average molecular weight is 347 g/mol. The van der Waals surface area contributed by atoms with Crippen LogP contribution in [-0.2, 0) is 26.2 Å². The summed E-state index contributed by atoms with van der Waals surface area (Å²) >= 11 is 0. The van der Waals surface area contributed by atoms with Gasteiger partial charge < -0.3 is 15.2 Å². The fourth-order valence-electron chi connectivity index (χ4n) is 3.01. The first-order valence-corrected chi connectivity index (χ1v) is 8.90. The summed E-state index contributed by atoms with van der Waals surface area (Å²) < 4.78 is 5.24. The molecule has 138 valence electrons. The Morgan fingerprint density at radius 2 is 1.76 bits per heavy atom. The number of benzene rings is 1. The van der Waals surface area contributed by atoms with E-state index in [9.17, 15) is 14.7 Å². The molecule has 1 heterocycles. The van der Waals surface area contributed by atoms with Crippen LogP contribution in [0.4, 0.5) is 0 Å². The van der Waals surface area contributed by atoms with Gasteiger partial charge >= 0.3 is 5.97 Å². The molecule has 0 atom stereocenters. The van der Waals surface area contributed by atoms with Gasteiger partial charge in [0, 0.05) is 26.2 Å². The molecule has 1 aliphatic heterocycles.